The predicted molar refractivity (Wildman–Crippen MR) is 101 cm³/mol. The third-order valence-corrected chi connectivity index (χ3v) is 5.86. The lowest BCUT2D eigenvalue weighted by atomic mass is 10.2. The molecule has 0 radical (unpaired) electrons. The first kappa shape index (κ1) is 18.3. The largest absolute Gasteiger partial charge is 0.271 e. The summed E-state index contributed by atoms with van der Waals surface area (Å²) < 4.78 is 27.3. The Morgan fingerprint density at radius 2 is 1.54 bits per heavy atom. The first-order chi connectivity index (χ1) is 11.2. The first-order valence-electron chi connectivity index (χ1n) is 7.85. The van der Waals surface area contributed by atoms with E-state index < -0.39 is 18.1 Å². The summed E-state index contributed by atoms with van der Waals surface area (Å²) in [6.45, 7) is 8.47. The lowest BCUT2D eigenvalue weighted by molar-refractivity contribution is 0.509. The maximum atomic E-state index is 13.0. The maximum Gasteiger partial charge on any atom is 0.271 e. The molecule has 0 aliphatic rings. The van der Waals surface area contributed by atoms with E-state index in [1.807, 2.05) is 37.3 Å². The lowest BCUT2D eigenvalue weighted by Crippen LogP contribution is -2.28. The molecular weight excluding hydrogens is 334 g/mol. The molecule has 0 bridgehead atoms. The molecule has 2 rings (SSSR count). The third-order valence-electron chi connectivity index (χ3n) is 3.33. The zero-order valence-corrected chi connectivity index (χ0v) is 16.4. The first-order valence-corrected chi connectivity index (χ1v) is 12.8. The minimum absolute atomic E-state index is 0.245. The fourth-order valence-electron chi connectivity index (χ4n) is 2.00. The smallest absolute Gasteiger partial charge is 0.220 e. The Hall–Kier alpha value is -2.03. The van der Waals surface area contributed by atoms with E-state index in [0.29, 0.717) is 0 Å². The Kier molecular flexibility index (Phi) is 5.53. The molecule has 0 unspecified atom stereocenters. The molecule has 0 heterocycles. The van der Waals surface area contributed by atoms with Gasteiger partial charge in [0.15, 0.2) is 0 Å². The topological polar surface area (TPSA) is 37.4 Å². The summed E-state index contributed by atoms with van der Waals surface area (Å²) in [5.74, 6) is 0. The van der Waals surface area contributed by atoms with E-state index in [1.165, 1.54) is 4.31 Å². The van der Waals surface area contributed by atoms with Crippen LogP contribution in [0.15, 0.2) is 59.5 Å². The van der Waals surface area contributed by atoms with Crippen LogP contribution in [0.2, 0.25) is 19.6 Å². The second-order valence-electron chi connectivity index (χ2n) is 6.80. The minimum atomic E-state index is -3.66. The average molecular weight is 358 g/mol. The van der Waals surface area contributed by atoms with Crippen molar-refractivity contribution in [1.82, 2.24) is 4.31 Å². The van der Waals surface area contributed by atoms with Gasteiger partial charge in [-0.25, -0.2) is 12.7 Å². The second kappa shape index (κ2) is 7.25. The van der Waals surface area contributed by atoms with Gasteiger partial charge in [-0.2, -0.15) is 0 Å². The molecule has 5 heteroatoms. The summed E-state index contributed by atoms with van der Waals surface area (Å²) in [5.41, 5.74) is 5.10. The lowest BCUT2D eigenvalue weighted by Gasteiger charge is -2.19. The normalized spacial score (nSPS) is 11.5. The van der Waals surface area contributed by atoms with Crippen molar-refractivity contribution in [2.24, 2.45) is 0 Å². The van der Waals surface area contributed by atoms with Crippen LogP contribution < -0.4 is 0 Å². The van der Waals surface area contributed by atoms with E-state index in [4.69, 9.17) is 0 Å². The molecule has 126 valence electrons. The standard InChI is InChI=1S/C19H23NO2SSi/c1-17-10-12-19(13-11-17)23(21,22)20(14-15-24(2,3)4)16-18-8-6-5-7-9-18/h5-13H,16H2,1-4H3. The van der Waals surface area contributed by atoms with Gasteiger partial charge in [-0.15, -0.1) is 5.54 Å². The Labute approximate surface area is 146 Å². The Morgan fingerprint density at radius 1 is 0.958 bits per heavy atom. The molecule has 0 fully saturated rings. The number of hydrogen-bond donors (Lipinski definition) is 0. The van der Waals surface area contributed by atoms with Gasteiger partial charge in [0.25, 0.3) is 10.0 Å². The van der Waals surface area contributed by atoms with E-state index in [1.54, 1.807) is 24.3 Å². The van der Waals surface area contributed by atoms with Gasteiger partial charge in [0.1, 0.15) is 8.07 Å². The Balaban J connectivity index is 2.43. The predicted octanol–water partition coefficient (Wildman–Crippen LogP) is 4.02. The van der Waals surface area contributed by atoms with Crippen molar-refractivity contribution in [2.75, 3.05) is 0 Å². The van der Waals surface area contributed by atoms with Crippen molar-refractivity contribution < 1.29 is 8.42 Å². The maximum absolute atomic E-state index is 13.0. The number of benzene rings is 2. The molecule has 0 aromatic heterocycles. The molecule has 0 aliphatic heterocycles. The van der Waals surface area contributed by atoms with Crippen LogP contribution in [0.4, 0.5) is 0 Å². The highest BCUT2D eigenvalue weighted by atomic mass is 32.2. The summed E-state index contributed by atoms with van der Waals surface area (Å²) in [6, 6.07) is 19.3. The number of hydrogen-bond acceptors (Lipinski definition) is 2. The van der Waals surface area contributed by atoms with E-state index in [2.05, 4.69) is 31.2 Å². The molecule has 2 aromatic carbocycles. The molecular formula is C19H23NO2SSi. The highest BCUT2D eigenvalue weighted by Gasteiger charge is 2.23. The molecule has 0 amide bonds. The fourth-order valence-corrected chi connectivity index (χ4v) is 3.77. The van der Waals surface area contributed by atoms with Gasteiger partial charge in [0.05, 0.1) is 11.4 Å². The highest BCUT2D eigenvalue weighted by Crippen LogP contribution is 2.18. The SMILES string of the molecule is Cc1ccc(S(=O)(=O)N(C#C[Si](C)(C)C)Cc2ccccc2)cc1. The van der Waals surface area contributed by atoms with Crippen molar-refractivity contribution in [1.29, 1.82) is 0 Å². The van der Waals surface area contributed by atoms with Crippen LogP contribution in [0.1, 0.15) is 11.1 Å². The van der Waals surface area contributed by atoms with E-state index >= 15 is 0 Å². The van der Waals surface area contributed by atoms with Crippen LogP contribution in [0.25, 0.3) is 0 Å². The number of aryl methyl sites for hydroxylation is 1. The van der Waals surface area contributed by atoms with Crippen LogP contribution in [-0.2, 0) is 16.6 Å². The van der Waals surface area contributed by atoms with Crippen LogP contribution in [0, 0.1) is 18.5 Å². The Morgan fingerprint density at radius 3 is 2.08 bits per heavy atom. The minimum Gasteiger partial charge on any atom is -0.220 e. The van der Waals surface area contributed by atoms with Gasteiger partial charge in [-0.05, 0) is 24.6 Å². The van der Waals surface area contributed by atoms with Gasteiger partial charge in [0.2, 0.25) is 0 Å². The quantitative estimate of drug-likeness (QED) is 0.471. The molecule has 0 saturated carbocycles. The van der Waals surface area contributed by atoms with Gasteiger partial charge >= 0.3 is 0 Å². The van der Waals surface area contributed by atoms with Crippen molar-refractivity contribution in [3.05, 3.63) is 65.7 Å². The molecule has 0 aliphatic carbocycles. The van der Waals surface area contributed by atoms with Gasteiger partial charge in [0, 0.05) is 6.04 Å². The van der Waals surface area contributed by atoms with E-state index in [0.717, 1.165) is 11.1 Å². The van der Waals surface area contributed by atoms with E-state index in [9.17, 15) is 8.42 Å². The molecule has 0 saturated heterocycles. The van der Waals surface area contributed by atoms with Crippen molar-refractivity contribution in [3.63, 3.8) is 0 Å². The molecule has 24 heavy (non-hydrogen) atoms. The van der Waals surface area contributed by atoms with Gasteiger partial charge < -0.3 is 0 Å². The zero-order chi connectivity index (χ0) is 17.8. The van der Waals surface area contributed by atoms with Crippen molar-refractivity contribution in [2.45, 2.75) is 38.0 Å². The van der Waals surface area contributed by atoms with Gasteiger partial charge in [-0.3, -0.25) is 0 Å². The fraction of sp³-hybridized carbons (Fsp3) is 0.263. The molecule has 3 nitrogen and oxygen atoms in total. The average Bonchev–Trinajstić information content (AvgIpc) is 2.52. The second-order valence-corrected chi connectivity index (χ2v) is 13.4. The van der Waals surface area contributed by atoms with Crippen molar-refractivity contribution in [3.8, 4) is 11.6 Å². The number of rotatable bonds is 4. The highest BCUT2D eigenvalue weighted by molar-refractivity contribution is 7.89. The summed E-state index contributed by atoms with van der Waals surface area (Å²) >= 11 is 0. The van der Waals surface area contributed by atoms with Crippen LogP contribution in [0.3, 0.4) is 0 Å². The summed E-state index contributed by atoms with van der Waals surface area (Å²) in [4.78, 5) is 0.272. The molecule has 0 spiro atoms. The van der Waals surface area contributed by atoms with E-state index in [-0.39, 0.29) is 11.4 Å². The van der Waals surface area contributed by atoms with Gasteiger partial charge in [-0.1, -0.05) is 67.7 Å². The zero-order valence-electron chi connectivity index (χ0n) is 14.6. The van der Waals surface area contributed by atoms with Crippen LogP contribution in [-0.4, -0.2) is 20.8 Å². The Bertz CT molecular complexity index is 842. The number of nitrogens with zero attached hydrogens (tertiary/aromatic N) is 1. The monoisotopic (exact) mass is 357 g/mol. The van der Waals surface area contributed by atoms with Crippen LogP contribution >= 0.6 is 0 Å². The molecule has 2 aromatic rings. The van der Waals surface area contributed by atoms with Crippen LogP contribution in [0.5, 0.6) is 0 Å². The number of sulfonamides is 1. The summed E-state index contributed by atoms with van der Waals surface area (Å²) in [7, 11) is -5.35. The molecule has 0 atom stereocenters. The van der Waals surface area contributed by atoms with Crippen molar-refractivity contribution >= 4 is 18.1 Å². The third kappa shape index (κ3) is 4.98. The molecule has 0 N–H and O–H groups in total. The summed E-state index contributed by atoms with van der Waals surface area (Å²) in [6.07, 6.45) is 0. The summed E-state index contributed by atoms with van der Waals surface area (Å²) in [5, 5.41) is 0.